The lowest BCUT2D eigenvalue weighted by atomic mass is 9.99. The van der Waals surface area contributed by atoms with Gasteiger partial charge < -0.3 is 20.4 Å². The van der Waals surface area contributed by atoms with Crippen molar-refractivity contribution in [1.29, 1.82) is 0 Å². The highest BCUT2D eigenvalue weighted by Crippen LogP contribution is 2.31. The fraction of sp³-hybridized carbons (Fsp3) is 0.519. The lowest BCUT2D eigenvalue weighted by Crippen LogP contribution is -2.32. The van der Waals surface area contributed by atoms with Gasteiger partial charge in [-0.25, -0.2) is 4.98 Å². The van der Waals surface area contributed by atoms with Crippen molar-refractivity contribution in [2.45, 2.75) is 57.5 Å². The van der Waals surface area contributed by atoms with Gasteiger partial charge in [0.15, 0.2) is 5.65 Å². The van der Waals surface area contributed by atoms with E-state index in [1.165, 1.54) is 0 Å². The summed E-state index contributed by atoms with van der Waals surface area (Å²) >= 11 is 6.32. The van der Waals surface area contributed by atoms with E-state index >= 15 is 0 Å². The topological polar surface area (TPSA) is 83.0 Å². The summed E-state index contributed by atoms with van der Waals surface area (Å²) in [5.41, 5.74) is 9.57. The van der Waals surface area contributed by atoms with Crippen LogP contribution in [-0.2, 0) is 6.42 Å². The quantitative estimate of drug-likeness (QED) is 0.554. The molecule has 4 heterocycles. The molecule has 2 bridgehead atoms. The molecule has 5 rings (SSSR count). The third kappa shape index (κ3) is 4.76. The Morgan fingerprint density at radius 1 is 1.11 bits per heavy atom. The molecule has 9 heteroatoms. The number of nitrogens with zero attached hydrogens (tertiary/aromatic N) is 6. The zero-order valence-corrected chi connectivity index (χ0v) is 22.2. The van der Waals surface area contributed by atoms with Crippen molar-refractivity contribution in [2.24, 2.45) is 5.73 Å². The zero-order chi connectivity index (χ0) is 25.4. The Kier molecular flexibility index (Phi) is 7.08. The molecule has 1 unspecified atom stereocenters. The van der Waals surface area contributed by atoms with Crippen molar-refractivity contribution in [3.8, 4) is 0 Å². The second kappa shape index (κ2) is 10.3. The fourth-order valence-electron chi connectivity index (χ4n) is 5.49. The zero-order valence-electron chi connectivity index (χ0n) is 21.5. The number of rotatable bonds is 2. The van der Waals surface area contributed by atoms with Crippen LogP contribution < -0.4 is 15.5 Å². The maximum absolute atomic E-state index is 13.7. The molecule has 1 amide bonds. The number of hydrogen-bond donors (Lipinski definition) is 1. The predicted octanol–water partition coefficient (Wildman–Crippen LogP) is 4.31. The van der Waals surface area contributed by atoms with Gasteiger partial charge in [-0.05, 0) is 49.8 Å². The van der Waals surface area contributed by atoms with Gasteiger partial charge in [-0.2, -0.15) is 9.61 Å². The van der Waals surface area contributed by atoms with Gasteiger partial charge in [0.25, 0.3) is 5.91 Å². The van der Waals surface area contributed by atoms with Crippen molar-refractivity contribution in [3.05, 3.63) is 52.2 Å². The van der Waals surface area contributed by atoms with E-state index < -0.39 is 0 Å². The first-order valence-electron chi connectivity index (χ1n) is 13.0. The smallest absolute Gasteiger partial charge is 0.254 e. The summed E-state index contributed by atoms with van der Waals surface area (Å²) in [5.74, 6) is 1.92. The second-order valence-electron chi connectivity index (χ2n) is 10.2. The standard InChI is InChI=1S/C27H36ClN7O/c1-4-23-22-15-25-30-24(34-13-11-20(29)17-34)16-26(35(25)31-22)32(2)12-7-5-6-8-18-9-10-19(28)14-21(18)27(36)33(23)3/h9-10,14-16,20,23H,4-8,11-13,17,29H2,1-3H3/t20-,23?/m0/s1. The second-order valence-corrected chi connectivity index (χ2v) is 10.6. The molecular weight excluding hydrogens is 474 g/mol. The molecule has 0 saturated carbocycles. The molecule has 2 atom stereocenters. The van der Waals surface area contributed by atoms with Crippen LogP contribution in [0.4, 0.5) is 11.6 Å². The third-order valence-electron chi connectivity index (χ3n) is 7.61. The molecular formula is C27H36ClN7O. The van der Waals surface area contributed by atoms with Gasteiger partial charge in [-0.15, -0.1) is 0 Å². The van der Waals surface area contributed by atoms with Crippen LogP contribution in [0.5, 0.6) is 0 Å². The van der Waals surface area contributed by atoms with Crippen molar-refractivity contribution in [1.82, 2.24) is 19.5 Å². The van der Waals surface area contributed by atoms with E-state index in [0.29, 0.717) is 10.6 Å². The Morgan fingerprint density at radius 2 is 1.94 bits per heavy atom. The molecule has 1 aromatic carbocycles. The van der Waals surface area contributed by atoms with Crippen LogP contribution in [-0.4, -0.2) is 65.2 Å². The number of halogens is 1. The number of aromatic nitrogens is 3. The number of carbonyl (C=O) groups excluding carboxylic acids is 1. The molecule has 1 fully saturated rings. The van der Waals surface area contributed by atoms with Gasteiger partial charge in [0.1, 0.15) is 11.6 Å². The molecule has 2 aromatic heterocycles. The minimum absolute atomic E-state index is 0.0247. The Balaban J connectivity index is 1.60. The molecule has 2 aliphatic rings. The van der Waals surface area contributed by atoms with E-state index in [0.717, 1.165) is 86.7 Å². The van der Waals surface area contributed by atoms with Crippen LogP contribution in [0.2, 0.25) is 5.02 Å². The van der Waals surface area contributed by atoms with Crippen LogP contribution >= 0.6 is 11.6 Å². The summed E-state index contributed by atoms with van der Waals surface area (Å²) in [4.78, 5) is 25.0. The summed E-state index contributed by atoms with van der Waals surface area (Å²) < 4.78 is 1.93. The van der Waals surface area contributed by atoms with Crippen molar-refractivity contribution in [3.63, 3.8) is 0 Å². The number of fused-ring (bicyclic) bond motifs is 2. The molecule has 192 valence electrons. The number of amides is 1. The van der Waals surface area contributed by atoms with Crippen LogP contribution in [0.25, 0.3) is 5.65 Å². The molecule has 2 aliphatic heterocycles. The number of benzene rings is 1. The van der Waals surface area contributed by atoms with Crippen LogP contribution in [0.1, 0.15) is 66.7 Å². The fourth-order valence-corrected chi connectivity index (χ4v) is 5.66. The lowest BCUT2D eigenvalue weighted by Gasteiger charge is -2.27. The molecule has 1 saturated heterocycles. The first-order chi connectivity index (χ1) is 17.4. The number of aryl methyl sites for hydroxylation is 1. The van der Waals surface area contributed by atoms with E-state index in [4.69, 9.17) is 27.4 Å². The van der Waals surface area contributed by atoms with Gasteiger partial charge in [0.2, 0.25) is 0 Å². The van der Waals surface area contributed by atoms with Crippen molar-refractivity contribution in [2.75, 3.05) is 43.5 Å². The molecule has 8 nitrogen and oxygen atoms in total. The Labute approximate surface area is 218 Å². The maximum atomic E-state index is 13.7. The van der Waals surface area contributed by atoms with E-state index in [-0.39, 0.29) is 18.0 Å². The Bertz CT molecular complexity index is 1260. The number of nitrogens with two attached hydrogens (primary N) is 1. The largest absolute Gasteiger partial charge is 0.359 e. The van der Waals surface area contributed by atoms with Crippen LogP contribution in [0, 0.1) is 0 Å². The average molecular weight is 510 g/mol. The summed E-state index contributed by atoms with van der Waals surface area (Å²) in [7, 11) is 3.98. The maximum Gasteiger partial charge on any atom is 0.254 e. The van der Waals surface area contributed by atoms with Gasteiger partial charge in [0, 0.05) is 62.5 Å². The van der Waals surface area contributed by atoms with Crippen LogP contribution in [0.15, 0.2) is 30.3 Å². The number of carbonyl (C=O) groups is 1. The van der Waals surface area contributed by atoms with Crippen LogP contribution in [0.3, 0.4) is 0 Å². The van der Waals surface area contributed by atoms with Gasteiger partial charge >= 0.3 is 0 Å². The Morgan fingerprint density at radius 3 is 2.69 bits per heavy atom. The van der Waals surface area contributed by atoms with Gasteiger partial charge in [0.05, 0.1) is 11.7 Å². The summed E-state index contributed by atoms with van der Waals surface area (Å²) in [6.07, 6.45) is 5.70. The predicted molar refractivity (Wildman–Crippen MR) is 145 cm³/mol. The molecule has 0 aliphatic carbocycles. The number of anilines is 2. The summed E-state index contributed by atoms with van der Waals surface area (Å²) in [5, 5.41) is 5.58. The third-order valence-corrected chi connectivity index (χ3v) is 7.85. The highest BCUT2D eigenvalue weighted by molar-refractivity contribution is 6.31. The normalized spacial score (nSPS) is 21.7. The first kappa shape index (κ1) is 24.8. The van der Waals surface area contributed by atoms with E-state index in [2.05, 4.69) is 29.8 Å². The minimum atomic E-state index is -0.182. The van der Waals surface area contributed by atoms with Crippen molar-refractivity contribution >= 4 is 34.8 Å². The molecule has 0 spiro atoms. The molecule has 2 N–H and O–H groups in total. The first-order valence-corrected chi connectivity index (χ1v) is 13.4. The monoisotopic (exact) mass is 509 g/mol. The van der Waals surface area contributed by atoms with Crippen molar-refractivity contribution < 1.29 is 4.79 Å². The highest BCUT2D eigenvalue weighted by atomic mass is 35.5. The van der Waals surface area contributed by atoms with E-state index in [1.807, 2.05) is 35.8 Å². The average Bonchev–Trinajstić information content (AvgIpc) is 3.49. The molecule has 36 heavy (non-hydrogen) atoms. The van der Waals surface area contributed by atoms with E-state index in [1.54, 1.807) is 4.90 Å². The van der Waals surface area contributed by atoms with Gasteiger partial charge in [-0.3, -0.25) is 4.79 Å². The van der Waals surface area contributed by atoms with E-state index in [9.17, 15) is 4.79 Å². The lowest BCUT2D eigenvalue weighted by molar-refractivity contribution is 0.0721. The molecule has 3 aromatic rings. The number of hydrogen-bond acceptors (Lipinski definition) is 6. The summed E-state index contributed by atoms with van der Waals surface area (Å²) in [6, 6.07) is 9.85. The summed E-state index contributed by atoms with van der Waals surface area (Å²) in [6.45, 7) is 4.72. The minimum Gasteiger partial charge on any atom is -0.359 e. The van der Waals surface area contributed by atoms with Gasteiger partial charge in [-0.1, -0.05) is 31.0 Å². The molecule has 0 radical (unpaired) electrons. The Hall–Kier alpha value is -2.84. The SMILES string of the molecule is CCC1c2cc3nc(N4CC[C@H](N)C4)cc(n3n2)N(C)CCCCCc2ccc(Cl)cc2C(=O)N1C. The highest BCUT2D eigenvalue weighted by Gasteiger charge is 2.28.